The maximum absolute atomic E-state index is 12.6. The minimum absolute atomic E-state index is 0.191. The van der Waals surface area contributed by atoms with Gasteiger partial charge in [-0.05, 0) is 54.0 Å². The van der Waals surface area contributed by atoms with Crippen molar-refractivity contribution in [2.24, 2.45) is 0 Å². The lowest BCUT2D eigenvalue weighted by Crippen LogP contribution is -2.41. The minimum atomic E-state index is -3.64. The Morgan fingerprint density at radius 3 is 2.84 bits per heavy atom. The van der Waals surface area contributed by atoms with Gasteiger partial charge in [-0.3, -0.25) is 4.98 Å². The zero-order valence-electron chi connectivity index (χ0n) is 17.4. The molecule has 0 saturated heterocycles. The summed E-state index contributed by atoms with van der Waals surface area (Å²) in [7, 11) is -3.64. The Hall–Kier alpha value is -2.43. The summed E-state index contributed by atoms with van der Waals surface area (Å²) in [5.74, 6) is 0. The monoisotopic (exact) mass is 458 g/mol. The molecule has 0 spiro atoms. The van der Waals surface area contributed by atoms with E-state index >= 15 is 0 Å². The Morgan fingerprint density at radius 1 is 1.29 bits per heavy atom. The number of fused-ring (bicyclic) bond motifs is 1. The lowest BCUT2D eigenvalue weighted by atomic mass is 10.1. The van der Waals surface area contributed by atoms with Gasteiger partial charge in [0.05, 0.1) is 15.3 Å². The van der Waals surface area contributed by atoms with Gasteiger partial charge in [0.2, 0.25) is 10.0 Å². The van der Waals surface area contributed by atoms with Gasteiger partial charge < -0.3 is 10.4 Å². The molecule has 0 amide bonds. The average Bonchev–Trinajstić information content (AvgIpc) is 3.16. The topological polar surface area (TPSA) is 104 Å². The van der Waals surface area contributed by atoms with E-state index in [2.05, 4.69) is 26.0 Å². The average molecular weight is 459 g/mol. The van der Waals surface area contributed by atoms with Crippen LogP contribution in [0.2, 0.25) is 0 Å². The van der Waals surface area contributed by atoms with E-state index in [9.17, 15) is 13.5 Å². The highest BCUT2D eigenvalue weighted by molar-refractivity contribution is 7.93. The van der Waals surface area contributed by atoms with Crippen LogP contribution < -0.4 is 20.5 Å². The fraction of sp³-hybridized carbons (Fsp3) is 0.273. The molecule has 3 aromatic rings. The molecule has 164 valence electrons. The van der Waals surface area contributed by atoms with Crippen LogP contribution in [0.4, 0.5) is 0 Å². The number of benzene rings is 1. The number of aromatic nitrogens is 2. The minimum Gasteiger partial charge on any atom is -0.385 e. The van der Waals surface area contributed by atoms with Crippen molar-refractivity contribution in [3.8, 4) is 0 Å². The van der Waals surface area contributed by atoms with Gasteiger partial charge in [0.15, 0.2) is 0 Å². The second kappa shape index (κ2) is 10.3. The standard InChI is InChI=1S/C22H26N4O3S2/c1-15-10-11-23-13-18(15)9-8-17(3)31(28,29)26-16(2)12-24-14-20(27)22-19-6-4-5-7-21(19)30-25-22/h4-11,13,16,20,24,26-27H,1,12,14H2,2-3H3/b17-8+,18-9-/t16-,20?/m1/s1. The Morgan fingerprint density at radius 2 is 2.06 bits per heavy atom. The van der Waals surface area contributed by atoms with Crippen molar-refractivity contribution in [1.82, 2.24) is 19.4 Å². The van der Waals surface area contributed by atoms with Gasteiger partial charge in [0.25, 0.3) is 0 Å². The fourth-order valence-electron chi connectivity index (χ4n) is 2.96. The predicted molar refractivity (Wildman–Crippen MR) is 126 cm³/mol. The summed E-state index contributed by atoms with van der Waals surface area (Å²) in [5.41, 5.74) is 0.635. The molecule has 3 rings (SSSR count). The van der Waals surface area contributed by atoms with Gasteiger partial charge in [-0.25, -0.2) is 13.1 Å². The maximum atomic E-state index is 12.6. The van der Waals surface area contributed by atoms with Crippen LogP contribution in [-0.4, -0.2) is 42.0 Å². The molecule has 0 bridgehead atoms. The van der Waals surface area contributed by atoms with Crippen LogP contribution in [0.3, 0.4) is 0 Å². The van der Waals surface area contributed by atoms with Crippen molar-refractivity contribution >= 4 is 44.3 Å². The summed E-state index contributed by atoms with van der Waals surface area (Å²) in [4.78, 5) is 4.21. The van der Waals surface area contributed by atoms with Crippen LogP contribution in [-0.2, 0) is 10.0 Å². The number of sulfonamides is 1. The lowest BCUT2D eigenvalue weighted by molar-refractivity contribution is 0.172. The van der Waals surface area contributed by atoms with Gasteiger partial charge in [0, 0.05) is 36.9 Å². The zero-order valence-corrected chi connectivity index (χ0v) is 19.1. The first kappa shape index (κ1) is 23.2. The number of pyridine rings is 1. The molecule has 1 aromatic carbocycles. The molecule has 0 aliphatic heterocycles. The molecule has 3 N–H and O–H groups in total. The van der Waals surface area contributed by atoms with Crippen LogP contribution in [0, 0.1) is 0 Å². The zero-order chi connectivity index (χ0) is 22.4. The first-order valence-corrected chi connectivity index (χ1v) is 12.1. The molecule has 0 radical (unpaired) electrons. The van der Waals surface area contributed by atoms with Crippen LogP contribution in [0.25, 0.3) is 22.7 Å². The second-order valence-electron chi connectivity index (χ2n) is 7.28. The number of nitrogens with one attached hydrogen (secondary N) is 2. The molecule has 31 heavy (non-hydrogen) atoms. The highest BCUT2D eigenvalue weighted by Crippen LogP contribution is 2.26. The fourth-order valence-corrected chi connectivity index (χ4v) is 4.83. The van der Waals surface area contributed by atoms with Crippen LogP contribution in [0.1, 0.15) is 25.6 Å². The smallest absolute Gasteiger partial charge is 0.236 e. The number of allylic oxidation sites excluding steroid dienone is 2. The molecule has 2 atom stereocenters. The number of nitrogens with zero attached hydrogens (tertiary/aromatic N) is 2. The molecule has 1 unspecified atom stereocenters. The van der Waals surface area contributed by atoms with Gasteiger partial charge in [-0.15, -0.1) is 0 Å². The van der Waals surface area contributed by atoms with Crippen molar-refractivity contribution in [3.05, 3.63) is 69.8 Å². The van der Waals surface area contributed by atoms with E-state index in [1.165, 1.54) is 24.5 Å². The van der Waals surface area contributed by atoms with Gasteiger partial charge >= 0.3 is 0 Å². The summed E-state index contributed by atoms with van der Waals surface area (Å²) >= 11 is 1.35. The van der Waals surface area contributed by atoms with Crippen molar-refractivity contribution < 1.29 is 13.5 Å². The Labute approximate surface area is 186 Å². The molecular weight excluding hydrogens is 432 g/mol. The van der Waals surface area contributed by atoms with E-state index in [0.29, 0.717) is 12.2 Å². The summed E-state index contributed by atoms with van der Waals surface area (Å²) in [6, 6.07) is 9.14. The van der Waals surface area contributed by atoms with Crippen LogP contribution in [0.15, 0.2) is 53.7 Å². The SMILES string of the molecule is C=c1ccnc/c1=C/C=C(\C)S(=O)(=O)N[C@H](C)CNCC(O)c1nsc2ccccc12. The van der Waals surface area contributed by atoms with Crippen LogP contribution >= 0.6 is 11.5 Å². The van der Waals surface area contributed by atoms with E-state index in [0.717, 1.165) is 20.5 Å². The van der Waals surface area contributed by atoms with E-state index in [-0.39, 0.29) is 17.5 Å². The number of aliphatic hydroxyl groups excluding tert-OH is 1. The van der Waals surface area contributed by atoms with E-state index in [1.807, 2.05) is 24.3 Å². The Bertz CT molecular complexity index is 1290. The number of hydrogen-bond donors (Lipinski definition) is 3. The van der Waals surface area contributed by atoms with Crippen LogP contribution in [0.5, 0.6) is 0 Å². The Balaban J connectivity index is 1.55. The molecule has 9 heteroatoms. The molecule has 0 aliphatic rings. The van der Waals surface area contributed by atoms with Crippen molar-refractivity contribution in [2.75, 3.05) is 13.1 Å². The summed E-state index contributed by atoms with van der Waals surface area (Å²) in [6.07, 6.45) is 5.71. The molecule has 0 aliphatic carbocycles. The number of aliphatic hydroxyl groups is 1. The highest BCUT2D eigenvalue weighted by atomic mass is 32.2. The van der Waals surface area contributed by atoms with Gasteiger partial charge in [-0.1, -0.05) is 30.9 Å². The van der Waals surface area contributed by atoms with Crippen molar-refractivity contribution in [2.45, 2.75) is 26.0 Å². The second-order valence-corrected chi connectivity index (χ2v) is 9.97. The number of rotatable bonds is 9. The predicted octanol–water partition coefficient (Wildman–Crippen LogP) is 1.42. The Kier molecular flexibility index (Phi) is 7.69. The van der Waals surface area contributed by atoms with Crippen molar-refractivity contribution in [3.63, 3.8) is 0 Å². The normalized spacial score (nSPS) is 15.3. The van der Waals surface area contributed by atoms with E-state index < -0.39 is 16.1 Å². The molecule has 0 saturated carbocycles. The van der Waals surface area contributed by atoms with Gasteiger partial charge in [0.1, 0.15) is 6.10 Å². The molecule has 0 fully saturated rings. The third kappa shape index (κ3) is 6.05. The molecule has 2 aromatic heterocycles. The van der Waals surface area contributed by atoms with Gasteiger partial charge in [-0.2, -0.15) is 4.37 Å². The quantitative estimate of drug-likeness (QED) is 0.448. The maximum Gasteiger partial charge on any atom is 0.236 e. The summed E-state index contributed by atoms with van der Waals surface area (Å²) < 4.78 is 33.1. The first-order valence-electron chi connectivity index (χ1n) is 9.81. The number of hydrogen-bond acceptors (Lipinski definition) is 7. The first-order chi connectivity index (χ1) is 14.8. The third-order valence-corrected chi connectivity index (χ3v) is 7.27. The lowest BCUT2D eigenvalue weighted by Gasteiger charge is -2.16. The molecule has 2 heterocycles. The highest BCUT2D eigenvalue weighted by Gasteiger charge is 2.18. The van der Waals surface area contributed by atoms with E-state index in [1.54, 1.807) is 31.5 Å². The van der Waals surface area contributed by atoms with E-state index in [4.69, 9.17) is 0 Å². The largest absolute Gasteiger partial charge is 0.385 e. The third-order valence-electron chi connectivity index (χ3n) is 4.73. The summed E-state index contributed by atoms with van der Waals surface area (Å²) in [6.45, 7) is 7.83. The van der Waals surface area contributed by atoms with Crippen molar-refractivity contribution in [1.29, 1.82) is 0 Å². The molecule has 7 nitrogen and oxygen atoms in total. The summed E-state index contributed by atoms with van der Waals surface area (Å²) in [5, 5.41) is 16.0. The molecular formula is C22H26N4O3S2.